The normalized spacial score (nSPS) is 19.2. The van der Waals surface area contributed by atoms with Crippen LogP contribution in [0.25, 0.3) is 32.9 Å². The van der Waals surface area contributed by atoms with Crippen molar-refractivity contribution in [3.05, 3.63) is 65.8 Å². The second-order valence-electron chi connectivity index (χ2n) is 12.7. The van der Waals surface area contributed by atoms with E-state index in [4.69, 9.17) is 21.3 Å². The molecule has 2 aliphatic heterocycles. The van der Waals surface area contributed by atoms with Crippen molar-refractivity contribution in [2.75, 3.05) is 50.8 Å². The number of anilines is 1. The maximum Gasteiger partial charge on any atom is 0.319 e. The molecular weight excluding hydrogens is 624 g/mol. The van der Waals surface area contributed by atoms with Crippen molar-refractivity contribution in [1.82, 2.24) is 24.8 Å². The molecule has 1 saturated carbocycles. The number of halogens is 3. The van der Waals surface area contributed by atoms with Crippen LogP contribution in [0, 0.1) is 28.4 Å². The van der Waals surface area contributed by atoms with Crippen LogP contribution in [-0.4, -0.2) is 82.6 Å². The van der Waals surface area contributed by atoms with E-state index in [0.717, 1.165) is 32.5 Å². The van der Waals surface area contributed by atoms with Gasteiger partial charge in [-0.15, -0.1) is 0 Å². The molecule has 1 aliphatic carbocycles. The van der Waals surface area contributed by atoms with Gasteiger partial charge in [-0.25, -0.2) is 8.78 Å². The summed E-state index contributed by atoms with van der Waals surface area (Å²) in [6.07, 6.45) is 7.35. The van der Waals surface area contributed by atoms with Gasteiger partial charge in [-0.05, 0) is 56.3 Å². The first-order chi connectivity index (χ1) is 22.8. The zero-order valence-corrected chi connectivity index (χ0v) is 26.6. The summed E-state index contributed by atoms with van der Waals surface area (Å²) in [5, 5.41) is 10.8. The van der Waals surface area contributed by atoms with Gasteiger partial charge >= 0.3 is 6.01 Å². The van der Waals surface area contributed by atoms with Gasteiger partial charge in [0, 0.05) is 48.7 Å². The number of benzene rings is 2. The van der Waals surface area contributed by atoms with Crippen LogP contribution in [0.3, 0.4) is 0 Å². The SMILES string of the molecule is C=CC(=O)N1CCN(c2nc(OCC3(CN4CCCC4)CC3)nc3c(F)c(-c4cccc5ccc(F)c(Cl)c45)ncc23)CC1CC#N. The van der Waals surface area contributed by atoms with Gasteiger partial charge in [-0.3, -0.25) is 9.78 Å². The van der Waals surface area contributed by atoms with E-state index in [0.29, 0.717) is 53.8 Å². The van der Waals surface area contributed by atoms with Crippen molar-refractivity contribution < 1.29 is 18.3 Å². The fourth-order valence-electron chi connectivity index (χ4n) is 6.91. The highest BCUT2D eigenvalue weighted by molar-refractivity contribution is 6.36. The number of fused-ring (bicyclic) bond motifs is 2. The van der Waals surface area contributed by atoms with Gasteiger partial charge in [0.15, 0.2) is 5.82 Å². The molecule has 2 aromatic carbocycles. The summed E-state index contributed by atoms with van der Waals surface area (Å²) in [7, 11) is 0. The molecule has 3 aliphatic rings. The number of carbonyl (C=O) groups excluding carboxylic acids is 1. The quantitative estimate of drug-likeness (QED) is 0.198. The minimum Gasteiger partial charge on any atom is -0.463 e. The molecule has 4 aromatic rings. The van der Waals surface area contributed by atoms with E-state index < -0.39 is 17.7 Å². The Morgan fingerprint density at radius 2 is 1.96 bits per heavy atom. The van der Waals surface area contributed by atoms with Gasteiger partial charge in [0.05, 0.1) is 35.5 Å². The fraction of sp³-hybridized carbons (Fsp3) is 0.400. The first-order valence-electron chi connectivity index (χ1n) is 15.9. The molecule has 0 radical (unpaired) electrons. The molecule has 1 amide bonds. The molecule has 1 unspecified atom stereocenters. The topological polar surface area (TPSA) is 98.5 Å². The molecule has 2 saturated heterocycles. The first-order valence-corrected chi connectivity index (χ1v) is 16.3. The summed E-state index contributed by atoms with van der Waals surface area (Å²) in [6.45, 7) is 8.13. The summed E-state index contributed by atoms with van der Waals surface area (Å²) >= 11 is 6.40. The molecule has 0 spiro atoms. The average Bonchev–Trinajstić information content (AvgIpc) is 3.66. The Morgan fingerprint density at radius 3 is 2.70 bits per heavy atom. The Kier molecular flexibility index (Phi) is 8.41. The van der Waals surface area contributed by atoms with Gasteiger partial charge in [0.2, 0.25) is 5.91 Å². The Balaban J connectivity index is 1.31. The lowest BCUT2D eigenvalue weighted by molar-refractivity contribution is -0.128. The van der Waals surface area contributed by atoms with Gasteiger partial charge < -0.3 is 19.4 Å². The zero-order chi connectivity index (χ0) is 32.7. The summed E-state index contributed by atoms with van der Waals surface area (Å²) in [5.41, 5.74) is 0.332. The van der Waals surface area contributed by atoms with E-state index in [2.05, 4.69) is 27.5 Å². The van der Waals surface area contributed by atoms with Crippen molar-refractivity contribution >= 4 is 45.0 Å². The molecule has 12 heteroatoms. The fourth-order valence-corrected chi connectivity index (χ4v) is 7.19. The van der Waals surface area contributed by atoms with Crippen LogP contribution >= 0.6 is 11.6 Å². The molecule has 7 rings (SSSR count). The summed E-state index contributed by atoms with van der Waals surface area (Å²) in [4.78, 5) is 32.5. The van der Waals surface area contributed by atoms with Crippen LogP contribution in [-0.2, 0) is 4.79 Å². The molecule has 4 heterocycles. The number of amides is 1. The first kappa shape index (κ1) is 31.2. The number of rotatable bonds is 9. The third-order valence-electron chi connectivity index (χ3n) is 9.62. The number of pyridine rings is 1. The number of piperazine rings is 1. The van der Waals surface area contributed by atoms with Gasteiger partial charge in [0.25, 0.3) is 0 Å². The van der Waals surface area contributed by atoms with E-state index in [1.54, 1.807) is 29.2 Å². The number of hydrogen-bond donors (Lipinski definition) is 0. The predicted octanol–water partition coefficient (Wildman–Crippen LogP) is 6.15. The molecule has 1 atom stereocenters. The molecule has 47 heavy (non-hydrogen) atoms. The van der Waals surface area contributed by atoms with Crippen LogP contribution in [0.4, 0.5) is 14.6 Å². The van der Waals surface area contributed by atoms with Gasteiger partial charge in [-0.1, -0.05) is 42.4 Å². The van der Waals surface area contributed by atoms with E-state index in [-0.39, 0.29) is 40.0 Å². The number of nitrogens with zero attached hydrogens (tertiary/aromatic N) is 7. The number of carbonyl (C=O) groups is 1. The average molecular weight is 658 g/mol. The maximum atomic E-state index is 16.7. The highest BCUT2D eigenvalue weighted by atomic mass is 35.5. The van der Waals surface area contributed by atoms with Crippen molar-refractivity contribution in [2.24, 2.45) is 5.41 Å². The molecule has 3 fully saturated rings. The molecule has 242 valence electrons. The largest absolute Gasteiger partial charge is 0.463 e. The predicted molar refractivity (Wildman–Crippen MR) is 176 cm³/mol. The number of hydrogen-bond acceptors (Lipinski definition) is 8. The zero-order valence-electron chi connectivity index (χ0n) is 25.9. The van der Waals surface area contributed by atoms with Crippen molar-refractivity contribution in [3.8, 4) is 23.3 Å². The molecule has 0 bridgehead atoms. The Bertz CT molecular complexity index is 1920. The summed E-state index contributed by atoms with van der Waals surface area (Å²) < 4.78 is 37.6. The third-order valence-corrected chi connectivity index (χ3v) is 9.99. The lowest BCUT2D eigenvalue weighted by Gasteiger charge is -2.41. The van der Waals surface area contributed by atoms with Crippen LogP contribution in [0.1, 0.15) is 32.1 Å². The smallest absolute Gasteiger partial charge is 0.319 e. The number of nitriles is 1. The van der Waals surface area contributed by atoms with Crippen LogP contribution in [0.5, 0.6) is 6.01 Å². The summed E-state index contributed by atoms with van der Waals surface area (Å²) in [6, 6.07) is 9.84. The van der Waals surface area contributed by atoms with Crippen molar-refractivity contribution in [2.45, 2.75) is 38.1 Å². The number of likely N-dealkylation sites (tertiary alicyclic amines) is 1. The Morgan fingerprint density at radius 1 is 1.15 bits per heavy atom. The third kappa shape index (κ3) is 5.96. The lowest BCUT2D eigenvalue weighted by atomic mass is 10.0. The standard InChI is InChI=1S/C35H34ClF2N7O2/c1-2-27(46)45-17-16-44(19-23(45)10-13-39)33-25-18-40-31(24-7-5-6-22-8-9-26(37)29(36)28(22)24)30(38)32(25)41-34(42-33)47-21-35(11-12-35)20-43-14-3-4-15-43/h2,5-9,18,23H,1,3-4,10-12,14-17,19-21H2. The molecule has 0 N–H and O–H groups in total. The Hall–Kier alpha value is -4.40. The number of aromatic nitrogens is 3. The highest BCUT2D eigenvalue weighted by Gasteiger charge is 2.45. The Labute approximate surface area is 276 Å². The molecule has 9 nitrogen and oxygen atoms in total. The monoisotopic (exact) mass is 657 g/mol. The highest BCUT2D eigenvalue weighted by Crippen LogP contribution is 2.47. The maximum absolute atomic E-state index is 16.7. The van der Waals surface area contributed by atoms with Gasteiger partial charge in [-0.2, -0.15) is 15.2 Å². The van der Waals surface area contributed by atoms with Crippen LogP contribution in [0.15, 0.2) is 49.2 Å². The van der Waals surface area contributed by atoms with E-state index in [1.165, 1.54) is 31.2 Å². The minimum absolute atomic E-state index is 0.00495. The molecule has 2 aromatic heterocycles. The van der Waals surface area contributed by atoms with Crippen molar-refractivity contribution in [1.29, 1.82) is 5.26 Å². The second-order valence-corrected chi connectivity index (χ2v) is 13.1. The van der Waals surface area contributed by atoms with Crippen molar-refractivity contribution in [3.63, 3.8) is 0 Å². The minimum atomic E-state index is -0.712. The number of ether oxygens (including phenoxy) is 1. The molecular formula is C35H34ClF2N7O2. The second kappa shape index (κ2) is 12.7. The van der Waals surface area contributed by atoms with E-state index >= 15 is 4.39 Å². The van der Waals surface area contributed by atoms with Crippen LogP contribution in [0.2, 0.25) is 5.02 Å². The van der Waals surface area contributed by atoms with Gasteiger partial charge in [0.1, 0.15) is 22.8 Å². The lowest BCUT2D eigenvalue weighted by Crippen LogP contribution is -2.55. The van der Waals surface area contributed by atoms with Crippen LogP contribution < -0.4 is 9.64 Å². The summed E-state index contributed by atoms with van der Waals surface area (Å²) in [5.74, 6) is -1.17. The van der Waals surface area contributed by atoms with E-state index in [1.807, 2.05) is 4.90 Å². The van der Waals surface area contributed by atoms with E-state index in [9.17, 15) is 14.4 Å².